The number of benzene rings is 1. The van der Waals surface area contributed by atoms with Gasteiger partial charge in [0.1, 0.15) is 17.3 Å². The summed E-state index contributed by atoms with van der Waals surface area (Å²) in [5.41, 5.74) is 2.41. The molecule has 23 heavy (non-hydrogen) atoms. The molecular formula is C15H14F3N3O2. The largest absolute Gasteiger partial charge is 0.497 e. The monoisotopic (exact) mass is 325 g/mol. The Morgan fingerprint density at radius 2 is 1.91 bits per heavy atom. The van der Waals surface area contributed by atoms with Crippen molar-refractivity contribution in [3.8, 4) is 11.5 Å². The van der Waals surface area contributed by atoms with Gasteiger partial charge in [-0.25, -0.2) is 4.98 Å². The maximum absolute atomic E-state index is 12.4. The van der Waals surface area contributed by atoms with Crippen molar-refractivity contribution in [3.05, 3.63) is 47.7 Å². The average Bonchev–Trinajstić information content (AvgIpc) is 2.54. The number of hydrazone groups is 1. The van der Waals surface area contributed by atoms with Gasteiger partial charge < -0.3 is 9.47 Å². The molecule has 0 aliphatic heterocycles. The summed E-state index contributed by atoms with van der Waals surface area (Å²) in [6, 6.07) is 7.30. The molecule has 0 saturated heterocycles. The number of methoxy groups -OCH3 is 2. The van der Waals surface area contributed by atoms with Gasteiger partial charge in [-0.15, -0.1) is 0 Å². The molecule has 8 heteroatoms. The van der Waals surface area contributed by atoms with Crippen LogP contribution < -0.4 is 14.9 Å². The molecule has 0 radical (unpaired) electrons. The van der Waals surface area contributed by atoms with E-state index in [-0.39, 0.29) is 5.82 Å². The number of anilines is 1. The van der Waals surface area contributed by atoms with Crippen LogP contribution in [0.4, 0.5) is 19.0 Å². The Bertz CT molecular complexity index is 685. The van der Waals surface area contributed by atoms with E-state index in [4.69, 9.17) is 9.47 Å². The second kappa shape index (κ2) is 6.99. The lowest BCUT2D eigenvalue weighted by atomic mass is 10.2. The molecule has 1 N–H and O–H groups in total. The van der Waals surface area contributed by atoms with Crippen molar-refractivity contribution >= 4 is 12.0 Å². The maximum atomic E-state index is 12.4. The summed E-state index contributed by atoms with van der Waals surface area (Å²) in [6.45, 7) is 0. The van der Waals surface area contributed by atoms with Crippen LogP contribution in [0.3, 0.4) is 0 Å². The minimum atomic E-state index is -4.41. The first-order chi connectivity index (χ1) is 10.9. The molecule has 1 aromatic carbocycles. The first-order valence-electron chi connectivity index (χ1n) is 6.48. The lowest BCUT2D eigenvalue weighted by molar-refractivity contribution is -0.137. The Morgan fingerprint density at radius 1 is 1.13 bits per heavy atom. The Kier molecular flexibility index (Phi) is 5.05. The molecule has 0 aliphatic carbocycles. The summed E-state index contributed by atoms with van der Waals surface area (Å²) in [5, 5.41) is 3.93. The second-order valence-corrected chi connectivity index (χ2v) is 4.41. The van der Waals surface area contributed by atoms with E-state index in [1.165, 1.54) is 19.4 Å². The molecule has 0 saturated carbocycles. The molecule has 5 nitrogen and oxygen atoms in total. The molecule has 0 aliphatic rings. The Balaban J connectivity index is 2.07. The number of aromatic nitrogens is 1. The molecule has 1 aromatic heterocycles. The summed E-state index contributed by atoms with van der Waals surface area (Å²) in [6.07, 6.45) is -2.20. The van der Waals surface area contributed by atoms with Crippen molar-refractivity contribution in [2.75, 3.05) is 19.6 Å². The first-order valence-corrected chi connectivity index (χ1v) is 6.48. The number of pyridine rings is 1. The van der Waals surface area contributed by atoms with Crippen LogP contribution in [0.15, 0.2) is 41.6 Å². The molecule has 0 fully saturated rings. The maximum Gasteiger partial charge on any atom is 0.417 e. The molecule has 0 bridgehead atoms. The number of ether oxygens (including phenoxy) is 2. The molecule has 1 heterocycles. The van der Waals surface area contributed by atoms with Crippen molar-refractivity contribution < 1.29 is 22.6 Å². The minimum absolute atomic E-state index is 0.196. The number of hydrogen-bond donors (Lipinski definition) is 1. The van der Waals surface area contributed by atoms with Gasteiger partial charge in [0.05, 0.1) is 26.0 Å². The Labute approximate surface area is 130 Å². The molecule has 0 spiro atoms. The lowest BCUT2D eigenvalue weighted by Gasteiger charge is -2.07. The van der Waals surface area contributed by atoms with Crippen LogP contribution >= 0.6 is 0 Å². The highest BCUT2D eigenvalue weighted by Crippen LogP contribution is 2.28. The second-order valence-electron chi connectivity index (χ2n) is 4.41. The molecular weight excluding hydrogens is 311 g/mol. The van der Waals surface area contributed by atoms with E-state index < -0.39 is 11.7 Å². The molecule has 0 unspecified atom stereocenters. The van der Waals surface area contributed by atoms with Crippen LogP contribution in [0.1, 0.15) is 11.1 Å². The Hall–Kier alpha value is -2.77. The summed E-state index contributed by atoms with van der Waals surface area (Å²) in [5.74, 6) is 1.38. The highest BCUT2D eigenvalue weighted by Gasteiger charge is 2.30. The molecule has 122 valence electrons. The molecule has 2 aromatic rings. The summed E-state index contributed by atoms with van der Waals surface area (Å²) in [7, 11) is 3.05. The van der Waals surface area contributed by atoms with Gasteiger partial charge >= 0.3 is 6.18 Å². The number of alkyl halides is 3. The van der Waals surface area contributed by atoms with E-state index >= 15 is 0 Å². The smallest absolute Gasteiger partial charge is 0.417 e. The number of halogens is 3. The van der Waals surface area contributed by atoms with Crippen LogP contribution in [-0.4, -0.2) is 25.4 Å². The van der Waals surface area contributed by atoms with Crippen LogP contribution in [-0.2, 0) is 6.18 Å². The van der Waals surface area contributed by atoms with Crippen LogP contribution in [0, 0.1) is 0 Å². The summed E-state index contributed by atoms with van der Waals surface area (Å²) < 4.78 is 47.6. The van der Waals surface area contributed by atoms with Crippen molar-refractivity contribution in [1.29, 1.82) is 0 Å². The van der Waals surface area contributed by atoms with E-state index in [0.717, 1.165) is 12.3 Å². The number of hydrogen-bond acceptors (Lipinski definition) is 5. The fourth-order valence-corrected chi connectivity index (χ4v) is 1.72. The van der Waals surface area contributed by atoms with Gasteiger partial charge in [-0.1, -0.05) is 0 Å². The van der Waals surface area contributed by atoms with Crippen molar-refractivity contribution in [2.24, 2.45) is 5.10 Å². The lowest BCUT2D eigenvalue weighted by Crippen LogP contribution is -2.05. The normalized spacial score (nSPS) is 11.5. The van der Waals surface area contributed by atoms with E-state index in [0.29, 0.717) is 17.1 Å². The molecule has 2 rings (SSSR count). The molecule has 0 atom stereocenters. The number of nitrogens with zero attached hydrogens (tertiary/aromatic N) is 2. The third-order valence-electron chi connectivity index (χ3n) is 2.91. The summed E-state index contributed by atoms with van der Waals surface area (Å²) in [4.78, 5) is 3.65. The van der Waals surface area contributed by atoms with Crippen LogP contribution in [0.2, 0.25) is 0 Å². The predicted molar refractivity (Wildman–Crippen MR) is 80.0 cm³/mol. The first kappa shape index (κ1) is 16.6. The highest BCUT2D eigenvalue weighted by atomic mass is 19.4. The average molecular weight is 325 g/mol. The van der Waals surface area contributed by atoms with Crippen LogP contribution in [0.5, 0.6) is 11.5 Å². The zero-order chi connectivity index (χ0) is 16.9. The van der Waals surface area contributed by atoms with Gasteiger partial charge in [-0.05, 0) is 24.3 Å². The molecule has 0 amide bonds. The van der Waals surface area contributed by atoms with Crippen molar-refractivity contribution in [1.82, 2.24) is 4.98 Å². The minimum Gasteiger partial charge on any atom is -0.497 e. The summed E-state index contributed by atoms with van der Waals surface area (Å²) >= 11 is 0. The van der Waals surface area contributed by atoms with Gasteiger partial charge in [0.25, 0.3) is 0 Å². The SMILES string of the molecule is COc1ccc(/C=N\Nc2ccc(C(F)(F)F)cn2)c(OC)c1. The fourth-order valence-electron chi connectivity index (χ4n) is 1.72. The van der Waals surface area contributed by atoms with Crippen molar-refractivity contribution in [3.63, 3.8) is 0 Å². The number of rotatable bonds is 5. The quantitative estimate of drug-likeness (QED) is 0.674. The topological polar surface area (TPSA) is 55.7 Å². The van der Waals surface area contributed by atoms with Crippen LogP contribution in [0.25, 0.3) is 0 Å². The Morgan fingerprint density at radius 3 is 2.48 bits per heavy atom. The number of nitrogens with one attached hydrogen (secondary N) is 1. The fraction of sp³-hybridized carbons (Fsp3) is 0.200. The van der Waals surface area contributed by atoms with E-state index in [9.17, 15) is 13.2 Å². The standard InChI is InChI=1S/C15H14F3N3O2/c1-22-12-5-3-10(13(7-12)23-2)8-20-21-14-6-4-11(9-19-14)15(16,17)18/h3-9H,1-2H3,(H,19,21)/b20-8-. The zero-order valence-electron chi connectivity index (χ0n) is 12.4. The van der Waals surface area contributed by atoms with Crippen molar-refractivity contribution in [2.45, 2.75) is 6.18 Å². The van der Waals surface area contributed by atoms with Gasteiger partial charge in [0.15, 0.2) is 0 Å². The van der Waals surface area contributed by atoms with Gasteiger partial charge in [-0.2, -0.15) is 18.3 Å². The van der Waals surface area contributed by atoms with Gasteiger partial charge in [0.2, 0.25) is 0 Å². The van der Waals surface area contributed by atoms with Gasteiger partial charge in [-0.3, -0.25) is 5.43 Å². The van der Waals surface area contributed by atoms with E-state index in [1.807, 2.05) is 0 Å². The highest BCUT2D eigenvalue weighted by molar-refractivity contribution is 5.84. The predicted octanol–water partition coefficient (Wildman–Crippen LogP) is 3.56. The van der Waals surface area contributed by atoms with E-state index in [1.54, 1.807) is 25.3 Å². The van der Waals surface area contributed by atoms with Gasteiger partial charge in [0, 0.05) is 17.8 Å². The van der Waals surface area contributed by atoms with E-state index in [2.05, 4.69) is 15.5 Å². The third-order valence-corrected chi connectivity index (χ3v) is 2.91. The third kappa shape index (κ3) is 4.35. The zero-order valence-corrected chi connectivity index (χ0v) is 12.4.